The summed E-state index contributed by atoms with van der Waals surface area (Å²) in [5.41, 5.74) is -0.602. The number of hydrogen-bond acceptors (Lipinski definition) is 10. The number of nitrogens with one attached hydrogen (secondary N) is 2. The normalized spacial score (nSPS) is 41.9. The summed E-state index contributed by atoms with van der Waals surface area (Å²) < 4.78 is 22.2. The standard InChI is InChI=1S/C16H30N2O10P2/c1-5(21)17-9-11(23)13(7(3-19)25-16(9)28-30)27-15-10(18-6(2)22)12(24)14(29)8(4-20)26-15/h7-16,19-20,23-24H,3-4,29-30H2,1-2H3,(H,17,21)(H,18,22). The van der Waals surface area contributed by atoms with Gasteiger partial charge in [0, 0.05) is 29.0 Å². The van der Waals surface area contributed by atoms with Crippen molar-refractivity contribution in [3.05, 3.63) is 0 Å². The molecule has 0 aromatic heterocycles. The van der Waals surface area contributed by atoms with Crippen LogP contribution in [0.25, 0.3) is 0 Å². The number of aliphatic hydroxyl groups is 4. The molecular formula is C16H30N2O10P2. The predicted octanol–water partition coefficient (Wildman–Crippen LogP) is -3.41. The van der Waals surface area contributed by atoms with Crippen molar-refractivity contribution in [1.29, 1.82) is 0 Å². The van der Waals surface area contributed by atoms with Crippen LogP contribution < -0.4 is 10.6 Å². The molecule has 0 radical (unpaired) electrons. The van der Waals surface area contributed by atoms with E-state index in [1.54, 1.807) is 0 Å². The topological polar surface area (TPSA) is 176 Å². The summed E-state index contributed by atoms with van der Waals surface area (Å²) in [4.78, 5) is 23.2. The molecule has 6 N–H and O–H groups in total. The highest BCUT2D eigenvalue weighted by molar-refractivity contribution is 7.17. The summed E-state index contributed by atoms with van der Waals surface area (Å²) in [5, 5.41) is 45.8. The Labute approximate surface area is 178 Å². The summed E-state index contributed by atoms with van der Waals surface area (Å²) in [6.07, 6.45) is -8.06. The minimum absolute atomic E-state index is 0.428. The molecule has 2 fully saturated rings. The Hall–Kier alpha value is -0.520. The minimum Gasteiger partial charge on any atom is -0.394 e. The molecule has 2 rings (SSSR count). The molecule has 14 heteroatoms. The zero-order valence-electron chi connectivity index (χ0n) is 16.6. The summed E-state index contributed by atoms with van der Waals surface area (Å²) in [6, 6.07) is -2.07. The van der Waals surface area contributed by atoms with Gasteiger partial charge in [0.25, 0.3) is 0 Å². The third-order valence-corrected chi connectivity index (χ3v) is 6.08. The van der Waals surface area contributed by atoms with Crippen LogP contribution in [0, 0.1) is 0 Å². The van der Waals surface area contributed by atoms with E-state index in [2.05, 4.69) is 19.9 Å². The quantitative estimate of drug-likeness (QED) is 0.205. The van der Waals surface area contributed by atoms with Crippen LogP contribution >= 0.6 is 18.7 Å². The number of carbonyl (C=O) groups excluding carboxylic acids is 2. The van der Waals surface area contributed by atoms with Gasteiger partial charge in [-0.25, -0.2) is 0 Å². The maximum atomic E-state index is 11.6. The molecule has 12 atom stereocenters. The summed E-state index contributed by atoms with van der Waals surface area (Å²) >= 11 is 0. The van der Waals surface area contributed by atoms with E-state index in [-0.39, 0.29) is 0 Å². The number of rotatable bonds is 7. The van der Waals surface area contributed by atoms with E-state index in [1.807, 2.05) is 9.47 Å². The summed E-state index contributed by atoms with van der Waals surface area (Å²) in [6.45, 7) is 1.51. The predicted molar refractivity (Wildman–Crippen MR) is 108 cm³/mol. The van der Waals surface area contributed by atoms with Gasteiger partial charge in [-0.2, -0.15) is 0 Å². The molecule has 2 aliphatic rings. The minimum atomic E-state index is -1.40. The van der Waals surface area contributed by atoms with E-state index in [0.29, 0.717) is 0 Å². The SMILES string of the molecule is CC(=O)NC1C(OC2C(CO)OC(OP)C(NC(C)=O)C2O)OC(CO)C(P)C1O. The highest BCUT2D eigenvalue weighted by Crippen LogP contribution is 2.32. The van der Waals surface area contributed by atoms with Crippen LogP contribution in [0.15, 0.2) is 0 Å². The Morgan fingerprint density at radius 2 is 1.43 bits per heavy atom. The summed E-state index contributed by atoms with van der Waals surface area (Å²) in [5.74, 6) is -0.912. The van der Waals surface area contributed by atoms with E-state index in [0.717, 1.165) is 0 Å². The molecule has 0 saturated carbocycles. The van der Waals surface area contributed by atoms with E-state index in [1.165, 1.54) is 13.8 Å². The highest BCUT2D eigenvalue weighted by atomic mass is 31.0. The molecule has 12 unspecified atom stereocenters. The first-order chi connectivity index (χ1) is 14.1. The van der Waals surface area contributed by atoms with E-state index in [4.69, 9.17) is 18.7 Å². The molecule has 2 aliphatic heterocycles. The Bertz CT molecular complexity index is 602. The number of aliphatic hydroxyl groups excluding tert-OH is 4. The first-order valence-electron chi connectivity index (χ1n) is 9.34. The third-order valence-electron chi connectivity index (χ3n) is 4.99. The van der Waals surface area contributed by atoms with Gasteiger partial charge in [0.15, 0.2) is 12.6 Å². The van der Waals surface area contributed by atoms with Gasteiger partial charge in [0.05, 0.1) is 25.4 Å². The lowest BCUT2D eigenvalue weighted by Crippen LogP contribution is -2.68. The Morgan fingerprint density at radius 3 is 1.90 bits per heavy atom. The van der Waals surface area contributed by atoms with E-state index in [9.17, 15) is 30.0 Å². The van der Waals surface area contributed by atoms with Crippen molar-refractivity contribution in [2.45, 2.75) is 74.7 Å². The van der Waals surface area contributed by atoms with Gasteiger partial charge >= 0.3 is 0 Å². The van der Waals surface area contributed by atoms with Crippen molar-refractivity contribution in [2.75, 3.05) is 13.2 Å². The highest BCUT2D eigenvalue weighted by Gasteiger charge is 2.51. The van der Waals surface area contributed by atoms with Gasteiger partial charge in [0.2, 0.25) is 11.8 Å². The molecule has 0 aromatic rings. The van der Waals surface area contributed by atoms with Gasteiger partial charge in [-0.05, 0) is 0 Å². The van der Waals surface area contributed by atoms with Gasteiger partial charge in [-0.3, -0.25) is 9.59 Å². The van der Waals surface area contributed by atoms with Crippen molar-refractivity contribution in [3.8, 4) is 0 Å². The monoisotopic (exact) mass is 472 g/mol. The molecule has 2 saturated heterocycles. The Balaban J connectivity index is 2.29. The van der Waals surface area contributed by atoms with Crippen molar-refractivity contribution >= 4 is 30.5 Å². The first kappa shape index (κ1) is 25.7. The number of hydrogen-bond donors (Lipinski definition) is 6. The molecule has 2 amide bonds. The maximum absolute atomic E-state index is 11.6. The van der Waals surface area contributed by atoms with Crippen LogP contribution in [0.1, 0.15) is 13.8 Å². The van der Waals surface area contributed by atoms with Gasteiger partial charge in [-0.15, -0.1) is 9.24 Å². The number of amides is 2. The fourth-order valence-electron chi connectivity index (χ4n) is 3.53. The maximum Gasteiger partial charge on any atom is 0.217 e. The Morgan fingerprint density at radius 1 is 0.933 bits per heavy atom. The lowest BCUT2D eigenvalue weighted by molar-refractivity contribution is -0.311. The van der Waals surface area contributed by atoms with Crippen LogP contribution in [0.4, 0.5) is 0 Å². The van der Waals surface area contributed by atoms with Gasteiger partial charge in [-0.1, -0.05) is 0 Å². The largest absolute Gasteiger partial charge is 0.394 e. The smallest absolute Gasteiger partial charge is 0.217 e. The van der Waals surface area contributed by atoms with Crippen LogP contribution in [0.2, 0.25) is 0 Å². The van der Waals surface area contributed by atoms with Crippen molar-refractivity contribution in [1.82, 2.24) is 10.6 Å². The van der Waals surface area contributed by atoms with Crippen LogP contribution in [-0.4, -0.2) is 106 Å². The average Bonchev–Trinajstić information content (AvgIpc) is 2.69. The second-order valence-electron chi connectivity index (χ2n) is 7.20. The second kappa shape index (κ2) is 11.4. The molecule has 2 heterocycles. The fraction of sp³-hybridized carbons (Fsp3) is 0.875. The number of ether oxygens (including phenoxy) is 3. The zero-order chi connectivity index (χ0) is 22.6. The Kier molecular flexibility index (Phi) is 9.76. The summed E-state index contributed by atoms with van der Waals surface area (Å²) in [7, 11) is 4.32. The lowest BCUT2D eigenvalue weighted by Gasteiger charge is -2.48. The lowest BCUT2D eigenvalue weighted by atomic mass is 9.95. The first-order valence-corrected chi connectivity index (χ1v) is 10.5. The fourth-order valence-corrected chi connectivity index (χ4v) is 4.22. The average molecular weight is 472 g/mol. The van der Waals surface area contributed by atoms with E-state index < -0.39 is 85.9 Å². The third kappa shape index (κ3) is 5.83. The van der Waals surface area contributed by atoms with Crippen LogP contribution in [-0.2, 0) is 28.3 Å². The van der Waals surface area contributed by atoms with Crippen molar-refractivity contribution < 1.29 is 48.7 Å². The van der Waals surface area contributed by atoms with E-state index >= 15 is 0 Å². The van der Waals surface area contributed by atoms with Crippen LogP contribution in [0.5, 0.6) is 0 Å². The molecular weight excluding hydrogens is 442 g/mol. The molecule has 12 nitrogen and oxygen atoms in total. The number of carbonyl (C=O) groups is 2. The molecule has 0 aliphatic carbocycles. The molecule has 174 valence electrons. The molecule has 0 spiro atoms. The van der Waals surface area contributed by atoms with Gasteiger partial charge in [0.1, 0.15) is 30.4 Å². The zero-order valence-corrected chi connectivity index (χ0v) is 18.9. The van der Waals surface area contributed by atoms with Crippen molar-refractivity contribution in [2.24, 2.45) is 0 Å². The van der Waals surface area contributed by atoms with Crippen LogP contribution in [0.3, 0.4) is 0 Å². The van der Waals surface area contributed by atoms with Crippen molar-refractivity contribution in [3.63, 3.8) is 0 Å². The molecule has 0 aromatic carbocycles. The molecule has 30 heavy (non-hydrogen) atoms. The van der Waals surface area contributed by atoms with Gasteiger partial charge < -0.3 is 49.8 Å². The molecule has 0 bridgehead atoms. The second-order valence-corrected chi connectivity index (χ2v) is 8.24.